The molecular formula is C15H15F3N2O4S. The normalized spacial score (nSPS) is 14.2. The topological polar surface area (TPSA) is 99.5 Å². The summed E-state index contributed by atoms with van der Waals surface area (Å²) in [6.07, 6.45) is -6.49. The molecule has 1 aromatic heterocycles. The number of amides is 1. The monoisotopic (exact) mass is 376 g/mol. The maximum absolute atomic E-state index is 13.4. The largest absolute Gasteiger partial charge is 0.481 e. The third-order valence-corrected chi connectivity index (χ3v) is 4.61. The highest BCUT2D eigenvalue weighted by molar-refractivity contribution is 7.18. The Hall–Kier alpha value is -2.20. The number of benzene rings is 1. The number of aliphatic carboxylic acids is 1. The van der Waals surface area contributed by atoms with Crippen molar-refractivity contribution in [1.29, 1.82) is 0 Å². The molecule has 0 saturated carbocycles. The maximum Gasteiger partial charge on any atom is 0.424 e. The highest BCUT2D eigenvalue weighted by atomic mass is 32.1. The van der Waals surface area contributed by atoms with Crippen LogP contribution in [0.2, 0.25) is 0 Å². The lowest BCUT2D eigenvalue weighted by atomic mass is 9.99. The average Bonchev–Trinajstić information content (AvgIpc) is 2.94. The van der Waals surface area contributed by atoms with Crippen molar-refractivity contribution in [3.8, 4) is 0 Å². The van der Waals surface area contributed by atoms with Crippen LogP contribution in [-0.2, 0) is 15.2 Å². The minimum atomic E-state index is -5.10. The van der Waals surface area contributed by atoms with Crippen molar-refractivity contribution in [3.05, 3.63) is 29.3 Å². The van der Waals surface area contributed by atoms with Crippen molar-refractivity contribution in [3.63, 3.8) is 0 Å². The van der Waals surface area contributed by atoms with Crippen LogP contribution in [-0.4, -0.2) is 39.8 Å². The van der Waals surface area contributed by atoms with Gasteiger partial charge in [-0.25, -0.2) is 4.98 Å². The first kappa shape index (κ1) is 19.1. The summed E-state index contributed by atoms with van der Waals surface area (Å²) in [4.78, 5) is 26.0. The van der Waals surface area contributed by atoms with Gasteiger partial charge in [-0.3, -0.25) is 9.59 Å². The maximum atomic E-state index is 13.4. The fourth-order valence-electron chi connectivity index (χ4n) is 2.11. The highest BCUT2D eigenvalue weighted by Crippen LogP contribution is 2.44. The van der Waals surface area contributed by atoms with Gasteiger partial charge in [-0.2, -0.15) is 13.2 Å². The van der Waals surface area contributed by atoms with Crippen molar-refractivity contribution in [2.45, 2.75) is 31.0 Å². The number of thiazole rings is 1. The molecule has 1 unspecified atom stereocenters. The van der Waals surface area contributed by atoms with Gasteiger partial charge in [0.05, 0.1) is 16.6 Å². The van der Waals surface area contributed by atoms with Gasteiger partial charge in [0, 0.05) is 13.0 Å². The zero-order valence-electron chi connectivity index (χ0n) is 12.8. The van der Waals surface area contributed by atoms with Crippen molar-refractivity contribution in [2.24, 2.45) is 0 Å². The number of carboxylic acids is 1. The molecule has 0 bridgehead atoms. The van der Waals surface area contributed by atoms with Crippen LogP contribution < -0.4 is 5.32 Å². The average molecular weight is 376 g/mol. The molecule has 1 heterocycles. The van der Waals surface area contributed by atoms with Crippen molar-refractivity contribution >= 4 is 33.4 Å². The molecular weight excluding hydrogens is 361 g/mol. The van der Waals surface area contributed by atoms with E-state index in [4.69, 9.17) is 5.11 Å². The summed E-state index contributed by atoms with van der Waals surface area (Å²) in [5, 5.41) is 20.3. The Morgan fingerprint density at radius 2 is 1.92 bits per heavy atom. The molecule has 0 spiro atoms. The summed E-state index contributed by atoms with van der Waals surface area (Å²) in [6, 6.07) is 6.32. The summed E-state index contributed by atoms with van der Waals surface area (Å²) in [6.45, 7) is -0.0983. The van der Waals surface area contributed by atoms with Gasteiger partial charge < -0.3 is 15.5 Å². The number of para-hydroxylation sites is 1. The van der Waals surface area contributed by atoms with E-state index in [2.05, 4.69) is 10.3 Å². The van der Waals surface area contributed by atoms with Crippen LogP contribution in [0.25, 0.3) is 10.2 Å². The molecule has 10 heteroatoms. The van der Waals surface area contributed by atoms with Gasteiger partial charge >= 0.3 is 12.1 Å². The molecule has 6 nitrogen and oxygen atoms in total. The molecule has 136 valence electrons. The van der Waals surface area contributed by atoms with Crippen molar-refractivity contribution in [2.75, 3.05) is 6.54 Å². The predicted octanol–water partition coefficient (Wildman–Crippen LogP) is 2.42. The Morgan fingerprint density at radius 3 is 2.52 bits per heavy atom. The minimum absolute atomic E-state index is 0.0760. The zero-order valence-corrected chi connectivity index (χ0v) is 13.7. The lowest BCUT2D eigenvalue weighted by Gasteiger charge is -2.27. The van der Waals surface area contributed by atoms with Crippen LogP contribution in [0.5, 0.6) is 0 Å². The van der Waals surface area contributed by atoms with Crippen LogP contribution in [0.3, 0.4) is 0 Å². The third kappa shape index (κ3) is 4.45. The summed E-state index contributed by atoms with van der Waals surface area (Å²) in [5.74, 6) is -2.11. The van der Waals surface area contributed by atoms with Crippen LogP contribution in [0, 0.1) is 0 Å². The number of carbonyl (C=O) groups excluding carboxylic acids is 1. The van der Waals surface area contributed by atoms with Gasteiger partial charge in [0.15, 0.2) is 0 Å². The van der Waals surface area contributed by atoms with Gasteiger partial charge in [0.2, 0.25) is 11.5 Å². The number of hydrogen-bond donors (Lipinski definition) is 3. The molecule has 1 atom stereocenters. The van der Waals surface area contributed by atoms with Gasteiger partial charge in [-0.1, -0.05) is 12.1 Å². The van der Waals surface area contributed by atoms with Crippen LogP contribution in [0.1, 0.15) is 24.3 Å². The van der Waals surface area contributed by atoms with E-state index in [1.807, 2.05) is 0 Å². The molecule has 2 rings (SSSR count). The van der Waals surface area contributed by atoms with E-state index in [0.717, 1.165) is 0 Å². The number of aliphatic hydroxyl groups is 1. The second-order valence-electron chi connectivity index (χ2n) is 5.37. The fraction of sp³-hybridized carbons (Fsp3) is 0.400. The molecule has 3 N–H and O–H groups in total. The second-order valence-corrected chi connectivity index (χ2v) is 6.40. The molecule has 1 amide bonds. The molecule has 0 aliphatic carbocycles. The van der Waals surface area contributed by atoms with Gasteiger partial charge in [0.1, 0.15) is 5.01 Å². The van der Waals surface area contributed by atoms with E-state index >= 15 is 0 Å². The van der Waals surface area contributed by atoms with Crippen molar-refractivity contribution < 1.29 is 33.0 Å². The Morgan fingerprint density at radius 1 is 1.24 bits per heavy atom. The number of hydrogen-bond acceptors (Lipinski definition) is 5. The number of carboxylic acid groups (broad SMARTS) is 1. The second kappa shape index (κ2) is 7.36. The lowest BCUT2D eigenvalue weighted by Crippen LogP contribution is -2.46. The minimum Gasteiger partial charge on any atom is -0.481 e. The summed E-state index contributed by atoms with van der Waals surface area (Å²) < 4.78 is 40.8. The van der Waals surface area contributed by atoms with Gasteiger partial charge in [-0.05, 0) is 18.6 Å². The number of carbonyl (C=O) groups is 2. The van der Waals surface area contributed by atoms with E-state index < -0.39 is 35.1 Å². The Kier molecular flexibility index (Phi) is 5.63. The Labute approximate surface area is 144 Å². The van der Waals surface area contributed by atoms with E-state index in [-0.39, 0.29) is 19.4 Å². The molecule has 0 saturated heterocycles. The number of rotatable bonds is 7. The van der Waals surface area contributed by atoms with E-state index in [9.17, 15) is 27.9 Å². The number of nitrogens with one attached hydrogen (secondary N) is 1. The van der Waals surface area contributed by atoms with Gasteiger partial charge in [-0.15, -0.1) is 11.3 Å². The number of halogens is 3. The highest BCUT2D eigenvalue weighted by Gasteiger charge is 2.58. The third-order valence-electron chi connectivity index (χ3n) is 3.42. The van der Waals surface area contributed by atoms with Gasteiger partial charge in [0.25, 0.3) is 0 Å². The zero-order chi connectivity index (χ0) is 18.7. The van der Waals surface area contributed by atoms with Crippen LogP contribution in [0.15, 0.2) is 24.3 Å². The lowest BCUT2D eigenvalue weighted by molar-refractivity contribution is -0.267. The molecule has 0 aliphatic rings. The summed E-state index contributed by atoms with van der Waals surface area (Å²) >= 11 is 0.667. The van der Waals surface area contributed by atoms with E-state index in [1.54, 1.807) is 18.2 Å². The first-order valence-electron chi connectivity index (χ1n) is 7.27. The first-order valence-corrected chi connectivity index (χ1v) is 8.09. The fourth-order valence-corrected chi connectivity index (χ4v) is 3.18. The summed E-state index contributed by atoms with van der Waals surface area (Å²) in [7, 11) is 0. The number of aromatic nitrogens is 1. The van der Waals surface area contributed by atoms with Crippen LogP contribution >= 0.6 is 11.3 Å². The number of nitrogens with zero attached hydrogens (tertiary/aromatic N) is 1. The number of fused-ring (bicyclic) bond motifs is 1. The predicted molar refractivity (Wildman–Crippen MR) is 84.1 cm³/mol. The van der Waals surface area contributed by atoms with Crippen LogP contribution in [0.4, 0.5) is 13.2 Å². The molecule has 1 aromatic carbocycles. The first-order chi connectivity index (χ1) is 11.6. The molecule has 0 aliphatic heterocycles. The Bertz CT molecular complexity index is 744. The molecule has 2 aromatic rings. The standard InChI is InChI=1S/C15H15F3N2O4S/c16-15(17,18)14(24,8-11(21)19-7-3-6-12(22)23)13-20-9-4-1-2-5-10(9)25-13/h1-2,4-5,24H,3,6-8H2,(H,19,21)(H,22,23). The Balaban J connectivity index is 2.17. The smallest absolute Gasteiger partial charge is 0.424 e. The van der Waals surface area contributed by atoms with E-state index in [1.165, 1.54) is 6.07 Å². The number of alkyl halides is 3. The van der Waals surface area contributed by atoms with E-state index in [0.29, 0.717) is 21.6 Å². The quantitative estimate of drug-likeness (QED) is 0.645. The SMILES string of the molecule is O=C(O)CCCNC(=O)CC(O)(c1nc2ccccc2s1)C(F)(F)F. The summed E-state index contributed by atoms with van der Waals surface area (Å²) in [5.41, 5.74) is -3.11. The van der Waals surface area contributed by atoms with Crippen molar-refractivity contribution in [1.82, 2.24) is 10.3 Å². The molecule has 25 heavy (non-hydrogen) atoms. The molecule has 0 fully saturated rings. The molecule has 0 radical (unpaired) electrons.